The van der Waals surface area contributed by atoms with Crippen LogP contribution in [-0.2, 0) is 4.74 Å². The van der Waals surface area contributed by atoms with Crippen molar-refractivity contribution in [2.45, 2.75) is 25.8 Å². The topological polar surface area (TPSA) is 35.2 Å². The molecular formula is C13H15F2NO. The van der Waals surface area contributed by atoms with Crippen molar-refractivity contribution in [3.05, 3.63) is 46.7 Å². The van der Waals surface area contributed by atoms with E-state index in [1.807, 2.05) is 0 Å². The monoisotopic (exact) mass is 239 g/mol. The van der Waals surface area contributed by atoms with Crippen molar-refractivity contribution in [3.8, 4) is 0 Å². The van der Waals surface area contributed by atoms with Crippen LogP contribution in [-0.4, -0.2) is 6.61 Å². The van der Waals surface area contributed by atoms with Gasteiger partial charge in [-0.2, -0.15) is 0 Å². The molecule has 1 aromatic rings. The summed E-state index contributed by atoms with van der Waals surface area (Å²) in [7, 11) is 0. The molecule has 1 heterocycles. The van der Waals surface area contributed by atoms with Crippen molar-refractivity contribution >= 4 is 0 Å². The molecule has 1 unspecified atom stereocenters. The zero-order valence-corrected chi connectivity index (χ0v) is 9.67. The van der Waals surface area contributed by atoms with Crippen molar-refractivity contribution < 1.29 is 13.5 Å². The maximum Gasteiger partial charge on any atom is 0.131 e. The number of rotatable bonds is 2. The van der Waals surface area contributed by atoms with Gasteiger partial charge in [0.15, 0.2) is 0 Å². The summed E-state index contributed by atoms with van der Waals surface area (Å²) in [6.07, 6.45) is 3.25. The summed E-state index contributed by atoms with van der Waals surface area (Å²) in [5, 5.41) is 0. The van der Waals surface area contributed by atoms with Crippen LogP contribution in [0.15, 0.2) is 24.0 Å². The first-order valence-electron chi connectivity index (χ1n) is 5.61. The Hall–Kier alpha value is -1.42. The molecule has 1 atom stereocenters. The standard InChI is InChI=1S/C13H15F2NO/c1-8-5-10(12(15)6-11(8)14)13(16)9-3-2-4-17-7-9/h5-7,13H,2-4,16H2,1H3. The van der Waals surface area contributed by atoms with Gasteiger partial charge in [0.1, 0.15) is 11.6 Å². The normalized spacial score (nSPS) is 17.3. The summed E-state index contributed by atoms with van der Waals surface area (Å²) in [5.41, 5.74) is 7.54. The number of halogens is 2. The highest BCUT2D eigenvalue weighted by Crippen LogP contribution is 2.28. The van der Waals surface area contributed by atoms with Crippen LogP contribution in [0.3, 0.4) is 0 Å². The van der Waals surface area contributed by atoms with Crippen LogP contribution in [0.5, 0.6) is 0 Å². The van der Waals surface area contributed by atoms with E-state index in [0.29, 0.717) is 17.7 Å². The van der Waals surface area contributed by atoms with Gasteiger partial charge in [-0.05, 0) is 37.0 Å². The highest BCUT2D eigenvalue weighted by Gasteiger charge is 2.19. The lowest BCUT2D eigenvalue weighted by Crippen LogP contribution is -2.18. The molecule has 2 nitrogen and oxygen atoms in total. The quantitative estimate of drug-likeness (QED) is 0.861. The summed E-state index contributed by atoms with van der Waals surface area (Å²) >= 11 is 0. The number of benzene rings is 1. The SMILES string of the molecule is Cc1cc(C(N)C2=COCCC2)c(F)cc1F. The van der Waals surface area contributed by atoms with E-state index < -0.39 is 17.7 Å². The first-order chi connectivity index (χ1) is 8.09. The van der Waals surface area contributed by atoms with E-state index >= 15 is 0 Å². The molecule has 0 fully saturated rings. The summed E-state index contributed by atoms with van der Waals surface area (Å²) < 4.78 is 32.0. The molecule has 2 rings (SSSR count). The third kappa shape index (κ3) is 2.47. The molecule has 4 heteroatoms. The molecule has 0 aliphatic carbocycles. The van der Waals surface area contributed by atoms with Gasteiger partial charge >= 0.3 is 0 Å². The van der Waals surface area contributed by atoms with Crippen molar-refractivity contribution in [2.75, 3.05) is 6.61 Å². The molecular weight excluding hydrogens is 224 g/mol. The average Bonchev–Trinajstić information content (AvgIpc) is 2.34. The molecule has 2 N–H and O–H groups in total. The molecule has 17 heavy (non-hydrogen) atoms. The first-order valence-corrected chi connectivity index (χ1v) is 5.61. The molecule has 1 aliphatic rings. The average molecular weight is 239 g/mol. The van der Waals surface area contributed by atoms with Crippen molar-refractivity contribution in [1.82, 2.24) is 0 Å². The molecule has 92 valence electrons. The van der Waals surface area contributed by atoms with Gasteiger partial charge in [-0.25, -0.2) is 8.78 Å². The Bertz CT molecular complexity index is 457. The molecule has 0 amide bonds. The number of ether oxygens (including phenoxy) is 1. The van der Waals surface area contributed by atoms with Gasteiger partial charge in [0.2, 0.25) is 0 Å². The summed E-state index contributed by atoms with van der Waals surface area (Å²) in [5.74, 6) is -1.15. The fraction of sp³-hybridized carbons (Fsp3) is 0.385. The van der Waals surface area contributed by atoms with Gasteiger partial charge in [-0.3, -0.25) is 0 Å². The van der Waals surface area contributed by atoms with Crippen LogP contribution in [0.4, 0.5) is 8.78 Å². The van der Waals surface area contributed by atoms with Crippen LogP contribution in [0.25, 0.3) is 0 Å². The zero-order chi connectivity index (χ0) is 12.4. The molecule has 0 saturated carbocycles. The Kier molecular flexibility index (Phi) is 3.43. The summed E-state index contributed by atoms with van der Waals surface area (Å²) in [6, 6.07) is 1.79. The molecule has 0 bridgehead atoms. The van der Waals surface area contributed by atoms with E-state index in [1.54, 1.807) is 13.2 Å². The van der Waals surface area contributed by atoms with Crippen molar-refractivity contribution in [2.24, 2.45) is 5.73 Å². The zero-order valence-electron chi connectivity index (χ0n) is 9.67. The van der Waals surface area contributed by atoms with E-state index in [4.69, 9.17) is 10.5 Å². The van der Waals surface area contributed by atoms with Crippen molar-refractivity contribution in [3.63, 3.8) is 0 Å². The lowest BCUT2D eigenvalue weighted by atomic mass is 9.94. The van der Waals surface area contributed by atoms with E-state index in [0.717, 1.165) is 24.5 Å². The predicted octanol–water partition coefficient (Wildman–Crippen LogP) is 2.97. The lowest BCUT2D eigenvalue weighted by molar-refractivity contribution is 0.221. The molecule has 0 spiro atoms. The van der Waals surface area contributed by atoms with Crippen LogP contribution >= 0.6 is 0 Å². The molecule has 0 saturated heterocycles. The van der Waals surface area contributed by atoms with E-state index in [2.05, 4.69) is 0 Å². The third-order valence-corrected chi connectivity index (χ3v) is 2.97. The molecule has 1 aliphatic heterocycles. The van der Waals surface area contributed by atoms with E-state index in [9.17, 15) is 8.78 Å². The number of hydrogen-bond donors (Lipinski definition) is 1. The van der Waals surface area contributed by atoms with Gasteiger partial charge < -0.3 is 10.5 Å². The summed E-state index contributed by atoms with van der Waals surface area (Å²) in [6.45, 7) is 2.26. The lowest BCUT2D eigenvalue weighted by Gasteiger charge is -2.21. The van der Waals surface area contributed by atoms with Gasteiger partial charge in [0.05, 0.1) is 18.9 Å². The van der Waals surface area contributed by atoms with Crippen molar-refractivity contribution in [1.29, 1.82) is 0 Å². The highest BCUT2D eigenvalue weighted by molar-refractivity contribution is 5.33. The second kappa shape index (κ2) is 4.84. The third-order valence-electron chi connectivity index (χ3n) is 2.97. The number of aryl methyl sites for hydroxylation is 1. The van der Waals surface area contributed by atoms with Gasteiger partial charge in [-0.1, -0.05) is 0 Å². The summed E-state index contributed by atoms with van der Waals surface area (Å²) in [4.78, 5) is 0. The second-order valence-electron chi connectivity index (χ2n) is 4.27. The fourth-order valence-corrected chi connectivity index (χ4v) is 1.93. The van der Waals surface area contributed by atoms with Gasteiger partial charge in [0, 0.05) is 11.6 Å². The van der Waals surface area contributed by atoms with Crippen LogP contribution < -0.4 is 5.73 Å². The van der Waals surface area contributed by atoms with Gasteiger partial charge in [-0.15, -0.1) is 0 Å². The minimum Gasteiger partial charge on any atom is -0.501 e. The number of nitrogens with two attached hydrogens (primary N) is 1. The minimum atomic E-state index is -0.605. The molecule has 1 aromatic carbocycles. The predicted molar refractivity (Wildman–Crippen MR) is 61.3 cm³/mol. The maximum absolute atomic E-state index is 13.6. The Morgan fingerprint density at radius 1 is 1.29 bits per heavy atom. The second-order valence-corrected chi connectivity index (χ2v) is 4.27. The Labute approximate surface area is 99.1 Å². The largest absolute Gasteiger partial charge is 0.501 e. The maximum atomic E-state index is 13.6. The molecule has 0 aromatic heterocycles. The van der Waals surface area contributed by atoms with Gasteiger partial charge in [0.25, 0.3) is 0 Å². The van der Waals surface area contributed by atoms with Crippen LogP contribution in [0, 0.1) is 18.6 Å². The Balaban J connectivity index is 2.33. The Morgan fingerprint density at radius 3 is 2.71 bits per heavy atom. The minimum absolute atomic E-state index is 0.320. The fourth-order valence-electron chi connectivity index (χ4n) is 1.93. The van der Waals surface area contributed by atoms with E-state index in [1.165, 1.54) is 6.07 Å². The molecule has 0 radical (unpaired) electrons. The number of hydrogen-bond acceptors (Lipinski definition) is 2. The highest BCUT2D eigenvalue weighted by atomic mass is 19.1. The first kappa shape index (κ1) is 12.0. The van der Waals surface area contributed by atoms with Crippen LogP contribution in [0.2, 0.25) is 0 Å². The Morgan fingerprint density at radius 2 is 2.06 bits per heavy atom. The van der Waals surface area contributed by atoms with E-state index in [-0.39, 0.29) is 0 Å². The van der Waals surface area contributed by atoms with Crippen LogP contribution in [0.1, 0.15) is 30.0 Å². The smallest absolute Gasteiger partial charge is 0.131 e.